The Morgan fingerprint density at radius 2 is 2.05 bits per heavy atom. The van der Waals surface area contributed by atoms with E-state index in [1.807, 2.05) is 0 Å². The second-order valence-corrected chi connectivity index (χ2v) is 7.57. The van der Waals surface area contributed by atoms with E-state index in [0.29, 0.717) is 17.7 Å². The first kappa shape index (κ1) is 17.6. The van der Waals surface area contributed by atoms with Gasteiger partial charge in [-0.3, -0.25) is 14.9 Å². The van der Waals surface area contributed by atoms with E-state index in [-0.39, 0.29) is 21.8 Å². The number of nitrogens with one attached hydrogen (secondary N) is 1. The van der Waals surface area contributed by atoms with E-state index in [1.165, 1.54) is 12.1 Å². The van der Waals surface area contributed by atoms with Gasteiger partial charge in [0.1, 0.15) is 0 Å². The summed E-state index contributed by atoms with van der Waals surface area (Å²) in [5, 5.41) is 13.7. The summed E-state index contributed by atoms with van der Waals surface area (Å²) in [6.07, 6.45) is 0.918. The number of nitrogens with zero attached hydrogens (tertiary/aromatic N) is 1. The highest BCUT2D eigenvalue weighted by Crippen LogP contribution is 2.24. The summed E-state index contributed by atoms with van der Waals surface area (Å²) < 4.78 is 0. The number of carbonyl (C=O) groups is 1. The molecule has 1 unspecified atom stereocenters. The number of rotatable bonds is 5. The molecule has 21 heavy (non-hydrogen) atoms. The summed E-state index contributed by atoms with van der Waals surface area (Å²) in [6, 6.07) is 4.53. The average molecular weight is 357 g/mol. The summed E-state index contributed by atoms with van der Waals surface area (Å²) in [4.78, 5) is 22.7. The number of nitro benzene ring substituents is 1. The molecule has 0 saturated heterocycles. The van der Waals surface area contributed by atoms with Crippen molar-refractivity contribution in [3.63, 3.8) is 0 Å². The summed E-state index contributed by atoms with van der Waals surface area (Å²) in [6.45, 7) is 8.47. The standard InChI is InChI=1S/C15H21BrN2O3/c1-10-12(6-5-7-13(10)18(20)21)14(19)17-9-11(16)8-15(2,3)4/h5-7,11H,8-9H2,1-4H3,(H,17,19). The van der Waals surface area contributed by atoms with Crippen LogP contribution in [0.5, 0.6) is 0 Å². The van der Waals surface area contributed by atoms with Crippen LogP contribution in [0.25, 0.3) is 0 Å². The van der Waals surface area contributed by atoms with Crippen molar-refractivity contribution in [3.05, 3.63) is 39.4 Å². The van der Waals surface area contributed by atoms with Gasteiger partial charge in [0.2, 0.25) is 0 Å². The van der Waals surface area contributed by atoms with Gasteiger partial charge in [-0.05, 0) is 24.8 Å². The molecule has 1 atom stereocenters. The molecular formula is C15H21BrN2O3. The van der Waals surface area contributed by atoms with Crippen molar-refractivity contribution in [2.75, 3.05) is 6.54 Å². The van der Waals surface area contributed by atoms with Gasteiger partial charge in [0.15, 0.2) is 0 Å². The molecule has 116 valence electrons. The molecule has 0 aliphatic carbocycles. The molecule has 0 aliphatic rings. The minimum Gasteiger partial charge on any atom is -0.351 e. The average Bonchev–Trinajstić information content (AvgIpc) is 2.33. The van der Waals surface area contributed by atoms with Crippen LogP contribution in [-0.2, 0) is 0 Å². The number of nitro groups is 1. The zero-order valence-electron chi connectivity index (χ0n) is 12.8. The van der Waals surface area contributed by atoms with Crippen LogP contribution in [0.3, 0.4) is 0 Å². The number of hydrogen-bond acceptors (Lipinski definition) is 3. The molecule has 1 aromatic carbocycles. The van der Waals surface area contributed by atoms with Crippen molar-refractivity contribution in [2.24, 2.45) is 5.41 Å². The first-order chi connectivity index (χ1) is 9.61. The van der Waals surface area contributed by atoms with Crippen LogP contribution in [-0.4, -0.2) is 22.2 Å². The minimum atomic E-state index is -0.473. The van der Waals surface area contributed by atoms with Gasteiger partial charge in [0.25, 0.3) is 11.6 Å². The van der Waals surface area contributed by atoms with Gasteiger partial charge in [-0.2, -0.15) is 0 Å². The molecule has 0 aliphatic heterocycles. The lowest BCUT2D eigenvalue weighted by Crippen LogP contribution is -2.31. The Morgan fingerprint density at radius 3 is 2.57 bits per heavy atom. The van der Waals surface area contributed by atoms with E-state index in [9.17, 15) is 14.9 Å². The molecule has 6 heteroatoms. The molecule has 1 rings (SSSR count). The van der Waals surface area contributed by atoms with Crippen LogP contribution in [0.1, 0.15) is 43.1 Å². The van der Waals surface area contributed by atoms with Crippen molar-refractivity contribution >= 4 is 27.5 Å². The zero-order chi connectivity index (χ0) is 16.2. The van der Waals surface area contributed by atoms with Gasteiger partial charge in [0, 0.05) is 28.6 Å². The maximum Gasteiger partial charge on any atom is 0.273 e. The lowest BCUT2D eigenvalue weighted by atomic mass is 9.90. The van der Waals surface area contributed by atoms with Gasteiger partial charge < -0.3 is 5.32 Å². The maximum absolute atomic E-state index is 12.2. The molecule has 0 fully saturated rings. The van der Waals surface area contributed by atoms with Crippen LogP contribution in [0.15, 0.2) is 18.2 Å². The Hall–Kier alpha value is -1.43. The fourth-order valence-corrected chi connectivity index (χ4v) is 3.24. The third-order valence-corrected chi connectivity index (χ3v) is 3.71. The topological polar surface area (TPSA) is 72.2 Å². The van der Waals surface area contributed by atoms with E-state index in [0.717, 1.165) is 6.42 Å². The fraction of sp³-hybridized carbons (Fsp3) is 0.533. The molecule has 0 spiro atoms. The van der Waals surface area contributed by atoms with Crippen molar-refractivity contribution in [2.45, 2.75) is 38.9 Å². The highest BCUT2D eigenvalue weighted by molar-refractivity contribution is 9.09. The predicted molar refractivity (Wildman–Crippen MR) is 87.0 cm³/mol. The lowest BCUT2D eigenvalue weighted by molar-refractivity contribution is -0.385. The first-order valence-electron chi connectivity index (χ1n) is 6.78. The number of alkyl halides is 1. The van der Waals surface area contributed by atoms with E-state index in [2.05, 4.69) is 42.0 Å². The molecule has 5 nitrogen and oxygen atoms in total. The molecular weight excluding hydrogens is 336 g/mol. The fourth-order valence-electron chi connectivity index (χ4n) is 2.10. The van der Waals surface area contributed by atoms with Crippen LogP contribution in [0.2, 0.25) is 0 Å². The van der Waals surface area contributed by atoms with Gasteiger partial charge in [0.05, 0.1) is 4.92 Å². The monoisotopic (exact) mass is 356 g/mol. The Balaban J connectivity index is 2.73. The summed E-state index contributed by atoms with van der Waals surface area (Å²) in [7, 11) is 0. The largest absolute Gasteiger partial charge is 0.351 e. The molecule has 0 bridgehead atoms. The van der Waals surface area contributed by atoms with Crippen molar-refractivity contribution < 1.29 is 9.72 Å². The van der Waals surface area contributed by atoms with Crippen LogP contribution < -0.4 is 5.32 Å². The number of benzene rings is 1. The molecule has 1 amide bonds. The van der Waals surface area contributed by atoms with E-state index in [4.69, 9.17) is 0 Å². The Kier molecular flexibility index (Phi) is 5.89. The Labute approximate surface area is 133 Å². The minimum absolute atomic E-state index is 0.0345. The molecule has 0 saturated carbocycles. The third-order valence-electron chi connectivity index (χ3n) is 3.06. The quantitative estimate of drug-likeness (QED) is 0.494. The Bertz CT molecular complexity index is 538. The normalized spacial score (nSPS) is 12.8. The van der Waals surface area contributed by atoms with E-state index >= 15 is 0 Å². The SMILES string of the molecule is Cc1c(C(=O)NCC(Br)CC(C)(C)C)cccc1[N+](=O)[O-]. The number of hydrogen-bond donors (Lipinski definition) is 1. The van der Waals surface area contributed by atoms with Crippen LogP contribution >= 0.6 is 15.9 Å². The van der Waals surface area contributed by atoms with Crippen LogP contribution in [0, 0.1) is 22.5 Å². The second kappa shape index (κ2) is 7.02. The van der Waals surface area contributed by atoms with Crippen molar-refractivity contribution in [1.29, 1.82) is 0 Å². The van der Waals surface area contributed by atoms with E-state index < -0.39 is 4.92 Å². The smallest absolute Gasteiger partial charge is 0.273 e. The van der Waals surface area contributed by atoms with Gasteiger partial charge in [-0.25, -0.2) is 0 Å². The molecule has 1 aromatic rings. The third kappa shape index (κ3) is 5.46. The Morgan fingerprint density at radius 1 is 1.43 bits per heavy atom. The van der Waals surface area contributed by atoms with Gasteiger partial charge in [-0.1, -0.05) is 42.8 Å². The summed E-state index contributed by atoms with van der Waals surface area (Å²) in [5.41, 5.74) is 0.870. The van der Waals surface area contributed by atoms with Crippen LogP contribution in [0.4, 0.5) is 5.69 Å². The lowest BCUT2D eigenvalue weighted by Gasteiger charge is -2.22. The zero-order valence-corrected chi connectivity index (χ0v) is 14.4. The van der Waals surface area contributed by atoms with Crippen molar-refractivity contribution in [1.82, 2.24) is 5.32 Å². The summed E-state index contributed by atoms with van der Waals surface area (Å²) in [5.74, 6) is -0.283. The first-order valence-corrected chi connectivity index (χ1v) is 7.69. The second-order valence-electron chi connectivity index (χ2n) is 6.28. The molecule has 1 N–H and O–H groups in total. The van der Waals surface area contributed by atoms with E-state index in [1.54, 1.807) is 13.0 Å². The molecule has 0 aromatic heterocycles. The van der Waals surface area contributed by atoms with Gasteiger partial charge >= 0.3 is 0 Å². The predicted octanol–water partition coefficient (Wildman–Crippen LogP) is 3.83. The van der Waals surface area contributed by atoms with Crippen molar-refractivity contribution in [3.8, 4) is 0 Å². The highest BCUT2D eigenvalue weighted by atomic mass is 79.9. The molecule has 0 radical (unpaired) electrons. The number of amides is 1. The molecule has 0 heterocycles. The number of carbonyl (C=O) groups excluding carboxylic acids is 1. The summed E-state index contributed by atoms with van der Waals surface area (Å²) >= 11 is 3.55. The maximum atomic E-state index is 12.2. The number of halogens is 1. The van der Waals surface area contributed by atoms with Gasteiger partial charge in [-0.15, -0.1) is 0 Å². The highest BCUT2D eigenvalue weighted by Gasteiger charge is 2.20.